The molecule has 1 saturated heterocycles. The van der Waals surface area contributed by atoms with Crippen molar-refractivity contribution in [2.45, 2.75) is 12.5 Å². The molecule has 1 amide bonds. The molecule has 0 spiro atoms. The van der Waals surface area contributed by atoms with Gasteiger partial charge in [-0.15, -0.1) is 0 Å². The van der Waals surface area contributed by atoms with Gasteiger partial charge in [0.1, 0.15) is 0 Å². The number of carbonyl (C=O) groups excluding carboxylic acids is 1. The van der Waals surface area contributed by atoms with Gasteiger partial charge in [0.15, 0.2) is 0 Å². The molecule has 2 rings (SSSR count). The average Bonchev–Trinajstić information content (AvgIpc) is 2.68. The molecule has 0 bridgehead atoms. The van der Waals surface area contributed by atoms with Crippen LogP contribution in [0.1, 0.15) is 16.8 Å². The molecule has 2 N–H and O–H groups in total. The molecule has 1 fully saturated rings. The highest BCUT2D eigenvalue weighted by atomic mass is 79.9. The minimum atomic E-state index is -0.0179. The summed E-state index contributed by atoms with van der Waals surface area (Å²) in [6, 6.07) is 5.81. The molecule has 0 unspecified atom stereocenters. The first-order valence-corrected chi connectivity index (χ1v) is 6.71. The van der Waals surface area contributed by atoms with Crippen LogP contribution in [-0.2, 0) is 0 Å². The number of amides is 1. The molecular weight excluding hydrogens is 336 g/mol. The molecule has 1 aromatic rings. The van der Waals surface area contributed by atoms with Gasteiger partial charge in [0.25, 0.3) is 5.91 Å². The van der Waals surface area contributed by atoms with E-state index in [0.717, 1.165) is 28.5 Å². The largest absolute Gasteiger partial charge is 0.348 e. The number of benzene rings is 1. The number of halogens is 2. The SMILES string of the molecule is O=C(N[C@H]1CCNC1)c1cc(Br)cc(Br)c1. The van der Waals surface area contributed by atoms with Gasteiger partial charge < -0.3 is 10.6 Å². The summed E-state index contributed by atoms with van der Waals surface area (Å²) < 4.78 is 1.80. The summed E-state index contributed by atoms with van der Waals surface area (Å²) in [6.45, 7) is 1.84. The van der Waals surface area contributed by atoms with E-state index >= 15 is 0 Å². The van der Waals surface area contributed by atoms with Crippen molar-refractivity contribution in [3.63, 3.8) is 0 Å². The summed E-state index contributed by atoms with van der Waals surface area (Å²) in [5.41, 5.74) is 0.674. The molecule has 0 aromatic heterocycles. The lowest BCUT2D eigenvalue weighted by atomic mass is 10.2. The van der Waals surface area contributed by atoms with Crippen molar-refractivity contribution < 1.29 is 4.79 Å². The molecule has 16 heavy (non-hydrogen) atoms. The molecule has 1 atom stereocenters. The van der Waals surface area contributed by atoms with E-state index in [4.69, 9.17) is 0 Å². The van der Waals surface area contributed by atoms with Crippen LogP contribution in [0.3, 0.4) is 0 Å². The Hall–Kier alpha value is -0.390. The van der Waals surface area contributed by atoms with Crippen LogP contribution in [0.5, 0.6) is 0 Å². The van der Waals surface area contributed by atoms with Gasteiger partial charge in [-0.3, -0.25) is 4.79 Å². The highest BCUT2D eigenvalue weighted by molar-refractivity contribution is 9.11. The summed E-state index contributed by atoms with van der Waals surface area (Å²) in [5.74, 6) is -0.0179. The fraction of sp³-hybridized carbons (Fsp3) is 0.364. The molecule has 1 heterocycles. The second-order valence-electron chi connectivity index (χ2n) is 3.82. The third kappa shape index (κ3) is 3.06. The maximum absolute atomic E-state index is 11.9. The Kier molecular flexibility index (Phi) is 4.00. The lowest BCUT2D eigenvalue weighted by molar-refractivity contribution is 0.0940. The lowest BCUT2D eigenvalue weighted by Gasteiger charge is -2.11. The second-order valence-corrected chi connectivity index (χ2v) is 5.65. The molecule has 1 aromatic carbocycles. The fourth-order valence-electron chi connectivity index (χ4n) is 1.73. The quantitative estimate of drug-likeness (QED) is 0.861. The molecule has 1 aliphatic rings. The lowest BCUT2D eigenvalue weighted by Crippen LogP contribution is -2.36. The monoisotopic (exact) mass is 346 g/mol. The number of rotatable bonds is 2. The summed E-state index contributed by atoms with van der Waals surface area (Å²) in [4.78, 5) is 11.9. The van der Waals surface area contributed by atoms with Crippen LogP contribution < -0.4 is 10.6 Å². The fourth-order valence-corrected chi connectivity index (χ4v) is 3.03. The molecule has 86 valence electrons. The Morgan fingerprint density at radius 3 is 2.56 bits per heavy atom. The van der Waals surface area contributed by atoms with E-state index in [1.165, 1.54) is 0 Å². The van der Waals surface area contributed by atoms with E-state index in [1.54, 1.807) is 0 Å². The molecule has 0 saturated carbocycles. The van der Waals surface area contributed by atoms with Crippen molar-refractivity contribution in [1.82, 2.24) is 10.6 Å². The van der Waals surface area contributed by atoms with Crippen LogP contribution in [0.25, 0.3) is 0 Å². The maximum atomic E-state index is 11.9. The number of hydrogen-bond donors (Lipinski definition) is 2. The average molecular weight is 348 g/mol. The van der Waals surface area contributed by atoms with Crippen molar-refractivity contribution in [2.24, 2.45) is 0 Å². The van der Waals surface area contributed by atoms with Crippen molar-refractivity contribution >= 4 is 37.8 Å². The van der Waals surface area contributed by atoms with Gasteiger partial charge in [0.2, 0.25) is 0 Å². The third-order valence-electron chi connectivity index (χ3n) is 2.52. The predicted octanol–water partition coefficient (Wildman–Crippen LogP) is 2.30. The summed E-state index contributed by atoms with van der Waals surface area (Å²) >= 11 is 6.74. The maximum Gasteiger partial charge on any atom is 0.251 e. The zero-order valence-electron chi connectivity index (χ0n) is 8.59. The molecule has 0 aliphatic carbocycles. The van der Waals surface area contributed by atoms with Gasteiger partial charge in [-0.1, -0.05) is 31.9 Å². The van der Waals surface area contributed by atoms with Crippen LogP contribution >= 0.6 is 31.9 Å². The number of nitrogens with one attached hydrogen (secondary N) is 2. The van der Waals surface area contributed by atoms with Gasteiger partial charge in [0, 0.05) is 27.1 Å². The topological polar surface area (TPSA) is 41.1 Å². The van der Waals surface area contributed by atoms with Crippen molar-refractivity contribution in [2.75, 3.05) is 13.1 Å². The Bertz CT molecular complexity index is 383. The number of hydrogen-bond acceptors (Lipinski definition) is 2. The minimum absolute atomic E-state index is 0.0179. The van der Waals surface area contributed by atoms with E-state index in [2.05, 4.69) is 42.5 Å². The van der Waals surface area contributed by atoms with E-state index in [9.17, 15) is 4.79 Å². The Morgan fingerprint density at radius 2 is 2.00 bits per heavy atom. The van der Waals surface area contributed by atoms with Gasteiger partial charge in [-0.05, 0) is 31.2 Å². The summed E-state index contributed by atoms with van der Waals surface area (Å²) in [5, 5.41) is 6.23. The standard InChI is InChI=1S/C11H12Br2N2O/c12-8-3-7(4-9(13)5-8)11(16)15-10-1-2-14-6-10/h3-5,10,14H,1-2,6H2,(H,15,16)/t10-/m0/s1. The molecule has 0 radical (unpaired) electrons. The summed E-state index contributed by atoms with van der Waals surface area (Å²) in [7, 11) is 0. The highest BCUT2D eigenvalue weighted by Gasteiger charge is 2.17. The number of carbonyl (C=O) groups is 1. The van der Waals surface area contributed by atoms with Gasteiger partial charge in [0.05, 0.1) is 0 Å². The van der Waals surface area contributed by atoms with Crippen LogP contribution in [0.4, 0.5) is 0 Å². The Labute approximate surface area is 111 Å². The molecule has 1 aliphatic heterocycles. The van der Waals surface area contributed by atoms with Gasteiger partial charge in [-0.25, -0.2) is 0 Å². The van der Waals surface area contributed by atoms with Crippen molar-refractivity contribution in [3.05, 3.63) is 32.7 Å². The van der Waals surface area contributed by atoms with Crippen LogP contribution in [0.2, 0.25) is 0 Å². The minimum Gasteiger partial charge on any atom is -0.348 e. The van der Waals surface area contributed by atoms with E-state index in [0.29, 0.717) is 5.56 Å². The first-order valence-electron chi connectivity index (χ1n) is 5.13. The summed E-state index contributed by atoms with van der Waals surface area (Å²) in [6.07, 6.45) is 1.00. The van der Waals surface area contributed by atoms with Crippen LogP contribution in [0, 0.1) is 0 Å². The van der Waals surface area contributed by atoms with Crippen LogP contribution in [0.15, 0.2) is 27.1 Å². The van der Waals surface area contributed by atoms with E-state index in [-0.39, 0.29) is 11.9 Å². The molecular formula is C11H12Br2N2O. The first-order chi connectivity index (χ1) is 7.65. The first kappa shape index (κ1) is 12.1. The van der Waals surface area contributed by atoms with Gasteiger partial charge >= 0.3 is 0 Å². The van der Waals surface area contributed by atoms with E-state index in [1.807, 2.05) is 18.2 Å². The van der Waals surface area contributed by atoms with Crippen LogP contribution in [-0.4, -0.2) is 25.0 Å². The van der Waals surface area contributed by atoms with E-state index < -0.39 is 0 Å². The van der Waals surface area contributed by atoms with Crippen molar-refractivity contribution in [1.29, 1.82) is 0 Å². The van der Waals surface area contributed by atoms with Crippen molar-refractivity contribution in [3.8, 4) is 0 Å². The molecule has 5 heteroatoms. The second kappa shape index (κ2) is 5.29. The Balaban J connectivity index is 2.07. The Morgan fingerprint density at radius 1 is 1.31 bits per heavy atom. The smallest absolute Gasteiger partial charge is 0.251 e. The predicted molar refractivity (Wildman–Crippen MR) is 70.6 cm³/mol. The zero-order chi connectivity index (χ0) is 11.5. The van der Waals surface area contributed by atoms with Gasteiger partial charge in [-0.2, -0.15) is 0 Å². The third-order valence-corrected chi connectivity index (χ3v) is 3.44. The molecule has 3 nitrogen and oxygen atoms in total. The highest BCUT2D eigenvalue weighted by Crippen LogP contribution is 2.20. The normalized spacial score (nSPS) is 19.8. The zero-order valence-corrected chi connectivity index (χ0v) is 11.8.